The lowest BCUT2D eigenvalue weighted by Gasteiger charge is -2.33. The van der Waals surface area contributed by atoms with E-state index in [-0.39, 0.29) is 24.2 Å². The van der Waals surface area contributed by atoms with Crippen molar-refractivity contribution >= 4 is 27.5 Å². The molecule has 0 saturated heterocycles. The smallest absolute Gasteiger partial charge is 0.354 e. The molecule has 0 heterocycles. The number of halogens is 4. The van der Waals surface area contributed by atoms with E-state index >= 15 is 0 Å². The molecule has 3 aromatic rings. The summed E-state index contributed by atoms with van der Waals surface area (Å²) < 4.78 is 81.1. The zero-order chi connectivity index (χ0) is 30.9. The van der Waals surface area contributed by atoms with Crippen molar-refractivity contribution in [3.05, 3.63) is 101 Å². The zero-order valence-electron chi connectivity index (χ0n) is 23.3. The van der Waals surface area contributed by atoms with E-state index in [1.54, 1.807) is 36.4 Å². The van der Waals surface area contributed by atoms with Crippen LogP contribution in [0.3, 0.4) is 0 Å². The fourth-order valence-electron chi connectivity index (χ4n) is 4.32. The van der Waals surface area contributed by atoms with Gasteiger partial charge in [0.15, 0.2) is 0 Å². The van der Waals surface area contributed by atoms with Crippen LogP contribution in [0.15, 0.2) is 78.9 Å². The third-order valence-corrected chi connectivity index (χ3v) is 7.68. The van der Waals surface area contributed by atoms with Crippen molar-refractivity contribution in [1.82, 2.24) is 10.2 Å². The van der Waals surface area contributed by atoms with Crippen LogP contribution in [0.1, 0.15) is 36.5 Å². The number of benzene rings is 3. The van der Waals surface area contributed by atoms with Crippen molar-refractivity contribution in [3.8, 4) is 0 Å². The minimum atomic E-state index is -4.75. The molecule has 7 nitrogen and oxygen atoms in total. The Labute approximate surface area is 243 Å². The molecule has 0 aromatic heterocycles. The van der Waals surface area contributed by atoms with Gasteiger partial charge in [-0.15, -0.1) is 0 Å². The van der Waals surface area contributed by atoms with E-state index in [4.69, 9.17) is 0 Å². The van der Waals surface area contributed by atoms with Gasteiger partial charge >= 0.3 is 6.18 Å². The number of anilines is 1. The van der Waals surface area contributed by atoms with Crippen LogP contribution in [-0.2, 0) is 38.8 Å². The van der Waals surface area contributed by atoms with E-state index in [1.165, 1.54) is 18.2 Å². The van der Waals surface area contributed by atoms with Crippen LogP contribution < -0.4 is 9.62 Å². The standard InChI is InChI=1S/C30H33F4N3O4S/c1-3-4-17-35-29(39)27(18-22-11-6-5-7-12-22)36(20-23-13-8-9-16-26(23)31)28(38)21-37(42(2,40)41)25-15-10-14-24(19-25)30(32,33)34/h5-16,19,27H,3-4,17-18,20-21H2,1-2H3,(H,35,39)/t27-/m1/s1. The molecule has 0 saturated carbocycles. The molecule has 1 atom stereocenters. The first kappa shape index (κ1) is 32.6. The number of sulfonamides is 1. The number of carbonyl (C=O) groups excluding carboxylic acids is 2. The zero-order valence-corrected chi connectivity index (χ0v) is 24.1. The second kappa shape index (κ2) is 14.3. The molecule has 0 aliphatic rings. The maximum atomic E-state index is 14.8. The van der Waals surface area contributed by atoms with Crippen molar-refractivity contribution in [2.45, 2.75) is 44.9 Å². The molecule has 226 valence electrons. The Kier molecular flexibility index (Phi) is 11.1. The second-order valence-electron chi connectivity index (χ2n) is 9.78. The molecule has 3 aromatic carbocycles. The number of alkyl halides is 3. The van der Waals surface area contributed by atoms with Gasteiger partial charge in [-0.25, -0.2) is 12.8 Å². The van der Waals surface area contributed by atoms with E-state index in [0.29, 0.717) is 28.9 Å². The fraction of sp³-hybridized carbons (Fsp3) is 0.333. The van der Waals surface area contributed by atoms with Crippen molar-refractivity contribution < 1.29 is 35.6 Å². The van der Waals surface area contributed by atoms with Crippen molar-refractivity contribution in [2.75, 3.05) is 23.7 Å². The Morgan fingerprint density at radius 1 is 0.952 bits per heavy atom. The molecule has 1 N–H and O–H groups in total. The normalized spacial score (nSPS) is 12.4. The molecule has 0 bridgehead atoms. The number of carbonyl (C=O) groups is 2. The van der Waals surface area contributed by atoms with Crippen LogP contribution in [0.4, 0.5) is 23.2 Å². The topological polar surface area (TPSA) is 86.8 Å². The summed E-state index contributed by atoms with van der Waals surface area (Å²) >= 11 is 0. The van der Waals surface area contributed by atoms with Crippen LogP contribution in [0.25, 0.3) is 0 Å². The van der Waals surface area contributed by atoms with Gasteiger partial charge in [0.1, 0.15) is 18.4 Å². The van der Waals surface area contributed by atoms with Crippen molar-refractivity contribution in [1.29, 1.82) is 0 Å². The number of nitrogens with zero attached hydrogens (tertiary/aromatic N) is 2. The number of rotatable bonds is 13. The first-order valence-electron chi connectivity index (χ1n) is 13.3. The maximum Gasteiger partial charge on any atom is 0.416 e. The number of hydrogen-bond donors (Lipinski definition) is 1. The Hall–Kier alpha value is -3.93. The quantitative estimate of drug-likeness (QED) is 0.215. The molecular formula is C30H33F4N3O4S. The fourth-order valence-corrected chi connectivity index (χ4v) is 5.16. The molecule has 3 rings (SSSR count). The summed E-state index contributed by atoms with van der Waals surface area (Å²) in [6.07, 6.45) is -2.50. The first-order chi connectivity index (χ1) is 19.8. The lowest BCUT2D eigenvalue weighted by Crippen LogP contribution is -2.53. The van der Waals surface area contributed by atoms with Gasteiger partial charge in [0.2, 0.25) is 21.8 Å². The van der Waals surface area contributed by atoms with Crippen LogP contribution in [0.5, 0.6) is 0 Å². The van der Waals surface area contributed by atoms with Crippen LogP contribution in [0.2, 0.25) is 0 Å². The Balaban J connectivity index is 2.07. The molecule has 0 radical (unpaired) electrons. The number of hydrogen-bond acceptors (Lipinski definition) is 4. The van der Waals surface area contributed by atoms with Crippen molar-refractivity contribution in [3.63, 3.8) is 0 Å². The predicted molar refractivity (Wildman–Crippen MR) is 152 cm³/mol. The SMILES string of the molecule is CCCCNC(=O)[C@@H](Cc1ccccc1)N(Cc1ccccc1F)C(=O)CN(c1cccc(C(F)(F)F)c1)S(C)(=O)=O. The minimum absolute atomic E-state index is 0.0292. The molecule has 0 fully saturated rings. The summed E-state index contributed by atoms with van der Waals surface area (Å²) in [6, 6.07) is 16.9. The molecule has 0 unspecified atom stereocenters. The number of nitrogens with one attached hydrogen (secondary N) is 1. The van der Waals surface area contributed by atoms with Crippen LogP contribution in [-0.4, -0.2) is 50.5 Å². The van der Waals surface area contributed by atoms with Gasteiger partial charge in [0, 0.05) is 25.1 Å². The maximum absolute atomic E-state index is 14.8. The Morgan fingerprint density at radius 2 is 1.62 bits per heavy atom. The van der Waals surface area contributed by atoms with Gasteiger partial charge in [0.05, 0.1) is 17.5 Å². The average Bonchev–Trinajstić information content (AvgIpc) is 2.94. The van der Waals surface area contributed by atoms with E-state index in [1.807, 2.05) is 6.92 Å². The summed E-state index contributed by atoms with van der Waals surface area (Å²) in [5, 5.41) is 2.80. The summed E-state index contributed by atoms with van der Waals surface area (Å²) in [7, 11) is -4.27. The van der Waals surface area contributed by atoms with E-state index in [2.05, 4.69) is 5.32 Å². The lowest BCUT2D eigenvalue weighted by molar-refractivity contribution is -0.140. The third-order valence-electron chi connectivity index (χ3n) is 6.54. The Bertz CT molecular complexity index is 1470. The van der Waals surface area contributed by atoms with Gasteiger partial charge in [-0.3, -0.25) is 13.9 Å². The molecule has 12 heteroatoms. The van der Waals surface area contributed by atoms with E-state index < -0.39 is 52.0 Å². The molecule has 0 aliphatic carbocycles. The van der Waals surface area contributed by atoms with Gasteiger partial charge in [-0.05, 0) is 36.2 Å². The van der Waals surface area contributed by atoms with Crippen molar-refractivity contribution in [2.24, 2.45) is 0 Å². The minimum Gasteiger partial charge on any atom is -0.354 e. The first-order valence-corrected chi connectivity index (χ1v) is 15.2. The monoisotopic (exact) mass is 607 g/mol. The molecule has 0 aliphatic heterocycles. The predicted octanol–water partition coefficient (Wildman–Crippen LogP) is 5.17. The van der Waals surface area contributed by atoms with Gasteiger partial charge in [0.25, 0.3) is 0 Å². The molecular weight excluding hydrogens is 574 g/mol. The average molecular weight is 608 g/mol. The van der Waals surface area contributed by atoms with Crippen LogP contribution in [0, 0.1) is 5.82 Å². The van der Waals surface area contributed by atoms with E-state index in [9.17, 15) is 35.6 Å². The van der Waals surface area contributed by atoms with Gasteiger partial charge in [-0.2, -0.15) is 13.2 Å². The Morgan fingerprint density at radius 3 is 2.24 bits per heavy atom. The summed E-state index contributed by atoms with van der Waals surface area (Å²) in [5.74, 6) is -2.06. The number of amides is 2. The highest BCUT2D eigenvalue weighted by molar-refractivity contribution is 7.92. The molecule has 42 heavy (non-hydrogen) atoms. The van der Waals surface area contributed by atoms with Gasteiger partial charge < -0.3 is 10.2 Å². The highest BCUT2D eigenvalue weighted by atomic mass is 32.2. The molecule has 2 amide bonds. The summed E-state index contributed by atoms with van der Waals surface area (Å²) in [6.45, 7) is 0.962. The second-order valence-corrected chi connectivity index (χ2v) is 11.7. The third kappa shape index (κ3) is 9.04. The number of unbranched alkanes of at least 4 members (excludes halogenated alkanes) is 1. The van der Waals surface area contributed by atoms with E-state index in [0.717, 1.165) is 35.8 Å². The largest absolute Gasteiger partial charge is 0.416 e. The molecule has 0 spiro atoms. The lowest BCUT2D eigenvalue weighted by atomic mass is 10.0. The highest BCUT2D eigenvalue weighted by Gasteiger charge is 2.35. The summed E-state index contributed by atoms with van der Waals surface area (Å²) in [4.78, 5) is 28.5. The summed E-state index contributed by atoms with van der Waals surface area (Å²) in [5.41, 5.74) is -0.701. The highest BCUT2D eigenvalue weighted by Crippen LogP contribution is 2.32. The van der Waals surface area contributed by atoms with Gasteiger partial charge in [-0.1, -0.05) is 67.9 Å². The van der Waals surface area contributed by atoms with Crippen LogP contribution >= 0.6 is 0 Å².